The fourth-order valence-electron chi connectivity index (χ4n) is 2.79. The molecule has 2 heterocycles. The van der Waals surface area contributed by atoms with Crippen molar-refractivity contribution in [2.45, 2.75) is 13.1 Å². The second kappa shape index (κ2) is 7.21. The van der Waals surface area contributed by atoms with E-state index >= 15 is 0 Å². The van der Waals surface area contributed by atoms with Crippen LogP contribution in [-0.4, -0.2) is 36.5 Å². The van der Waals surface area contributed by atoms with Crippen molar-refractivity contribution in [2.24, 2.45) is 14.1 Å². The van der Waals surface area contributed by atoms with E-state index in [0.29, 0.717) is 10.0 Å². The quantitative estimate of drug-likeness (QED) is 0.651. The van der Waals surface area contributed by atoms with Gasteiger partial charge in [-0.1, -0.05) is 29.3 Å². The molecule has 1 aromatic carbocycles. The second-order valence-electron chi connectivity index (χ2n) is 6.26. The van der Waals surface area contributed by atoms with Gasteiger partial charge in [-0.2, -0.15) is 0 Å². The Labute approximate surface area is 164 Å². The average Bonchev–Trinajstić information content (AvgIpc) is 3.01. The molecule has 2 aromatic heterocycles. The van der Waals surface area contributed by atoms with Crippen LogP contribution in [0, 0.1) is 0 Å². The Morgan fingerprint density at radius 1 is 1.19 bits per heavy atom. The number of nitrogens with zero attached hydrogens (tertiary/aromatic N) is 5. The summed E-state index contributed by atoms with van der Waals surface area (Å²) in [5, 5.41) is 0.815. The number of imidazole rings is 1. The first-order valence-corrected chi connectivity index (χ1v) is 8.75. The summed E-state index contributed by atoms with van der Waals surface area (Å²) in [7, 11) is 4.75. The summed E-state index contributed by atoms with van der Waals surface area (Å²) in [5.74, 6) is -0.387. The van der Waals surface area contributed by atoms with Crippen LogP contribution in [0.1, 0.15) is 5.56 Å². The Balaban J connectivity index is 1.89. The van der Waals surface area contributed by atoms with Gasteiger partial charge in [-0.25, -0.2) is 14.3 Å². The number of aryl methyl sites for hydroxylation is 2. The predicted molar refractivity (Wildman–Crippen MR) is 103 cm³/mol. The number of carbonyl (C=O) groups excluding carboxylic acids is 1. The van der Waals surface area contributed by atoms with Gasteiger partial charge in [0, 0.05) is 27.7 Å². The molecule has 27 heavy (non-hydrogen) atoms. The zero-order valence-electron chi connectivity index (χ0n) is 14.9. The summed E-state index contributed by atoms with van der Waals surface area (Å²) in [5.41, 5.74) is 0.173. The molecule has 1 amide bonds. The average molecular weight is 410 g/mol. The standard InChI is InChI=1S/C17H17Cl2N5O3/c1-21(7-10-4-5-11(18)12(19)6-10)13(25)8-24-16(26)14-15(20-9-22(14)2)23(3)17(24)27/h4-6,9H,7-8H2,1-3H3. The molecule has 0 radical (unpaired) electrons. The summed E-state index contributed by atoms with van der Waals surface area (Å²) in [4.78, 5) is 43.2. The molecule has 0 aliphatic carbocycles. The molecule has 0 atom stereocenters. The molecule has 142 valence electrons. The van der Waals surface area contributed by atoms with Crippen LogP contribution in [0.4, 0.5) is 0 Å². The maximum absolute atomic E-state index is 12.7. The van der Waals surface area contributed by atoms with Gasteiger partial charge in [0.05, 0.1) is 16.4 Å². The molecule has 0 aliphatic heterocycles. The number of amides is 1. The molecule has 0 saturated heterocycles. The van der Waals surface area contributed by atoms with E-state index in [2.05, 4.69) is 4.98 Å². The Kier molecular flexibility index (Phi) is 5.12. The van der Waals surface area contributed by atoms with Crippen molar-refractivity contribution in [3.05, 3.63) is 61.0 Å². The summed E-state index contributed by atoms with van der Waals surface area (Å²) >= 11 is 11.9. The molecule has 0 aliphatic rings. The lowest BCUT2D eigenvalue weighted by Gasteiger charge is -2.18. The SMILES string of the molecule is CN(Cc1ccc(Cl)c(Cl)c1)C(=O)Cn1c(=O)c2c(ncn2C)n(C)c1=O. The summed E-state index contributed by atoms with van der Waals surface area (Å²) in [6.45, 7) is -0.108. The molecule has 0 N–H and O–H groups in total. The van der Waals surface area contributed by atoms with Gasteiger partial charge in [-0.15, -0.1) is 0 Å². The summed E-state index contributed by atoms with van der Waals surface area (Å²) in [6.07, 6.45) is 1.45. The first-order chi connectivity index (χ1) is 12.7. The van der Waals surface area contributed by atoms with Gasteiger partial charge >= 0.3 is 5.69 Å². The summed E-state index contributed by atoms with van der Waals surface area (Å²) in [6, 6.07) is 5.07. The minimum Gasteiger partial charge on any atom is -0.340 e. The number of rotatable bonds is 4. The Hall–Kier alpha value is -2.58. The van der Waals surface area contributed by atoms with Crippen LogP contribution in [0.25, 0.3) is 11.2 Å². The fourth-order valence-corrected chi connectivity index (χ4v) is 3.11. The third kappa shape index (κ3) is 3.50. The Morgan fingerprint density at radius 3 is 2.56 bits per heavy atom. The molecule has 0 unspecified atom stereocenters. The van der Waals surface area contributed by atoms with E-state index < -0.39 is 11.2 Å². The molecule has 0 bridgehead atoms. The van der Waals surface area contributed by atoms with Crippen molar-refractivity contribution in [1.82, 2.24) is 23.6 Å². The van der Waals surface area contributed by atoms with Crippen molar-refractivity contribution < 1.29 is 4.79 Å². The highest BCUT2D eigenvalue weighted by atomic mass is 35.5. The molecule has 10 heteroatoms. The summed E-state index contributed by atoms with van der Waals surface area (Å²) < 4.78 is 3.69. The number of hydrogen-bond donors (Lipinski definition) is 0. The third-order valence-electron chi connectivity index (χ3n) is 4.32. The molecular weight excluding hydrogens is 393 g/mol. The minimum atomic E-state index is -0.595. The van der Waals surface area contributed by atoms with Gasteiger partial charge in [0.15, 0.2) is 11.2 Å². The second-order valence-corrected chi connectivity index (χ2v) is 7.07. The van der Waals surface area contributed by atoms with Crippen LogP contribution in [-0.2, 0) is 32.0 Å². The van der Waals surface area contributed by atoms with E-state index in [9.17, 15) is 14.4 Å². The smallest absolute Gasteiger partial charge is 0.332 e. The van der Waals surface area contributed by atoms with Crippen LogP contribution < -0.4 is 11.2 Å². The Morgan fingerprint density at radius 2 is 1.89 bits per heavy atom. The lowest BCUT2D eigenvalue weighted by Crippen LogP contribution is -2.43. The van der Waals surface area contributed by atoms with Crippen molar-refractivity contribution in [2.75, 3.05) is 7.05 Å². The molecule has 0 spiro atoms. The van der Waals surface area contributed by atoms with Gasteiger partial charge in [-0.3, -0.25) is 14.2 Å². The van der Waals surface area contributed by atoms with Crippen LogP contribution in [0.2, 0.25) is 10.0 Å². The lowest BCUT2D eigenvalue weighted by molar-refractivity contribution is -0.131. The van der Waals surface area contributed by atoms with E-state index in [4.69, 9.17) is 23.2 Å². The van der Waals surface area contributed by atoms with Gasteiger partial charge < -0.3 is 9.47 Å². The maximum Gasteiger partial charge on any atom is 0.332 e. The van der Waals surface area contributed by atoms with Gasteiger partial charge in [-0.05, 0) is 17.7 Å². The number of benzene rings is 1. The van der Waals surface area contributed by atoms with Crippen molar-refractivity contribution in [3.8, 4) is 0 Å². The predicted octanol–water partition coefficient (Wildman–Crippen LogP) is 1.40. The topological polar surface area (TPSA) is 82.1 Å². The van der Waals surface area contributed by atoms with Crippen LogP contribution in [0.5, 0.6) is 0 Å². The van der Waals surface area contributed by atoms with E-state index in [1.54, 1.807) is 32.3 Å². The Bertz CT molecular complexity index is 1160. The molecule has 0 saturated carbocycles. The van der Waals surface area contributed by atoms with Crippen LogP contribution in [0.3, 0.4) is 0 Å². The van der Waals surface area contributed by atoms with Crippen molar-refractivity contribution in [3.63, 3.8) is 0 Å². The van der Waals surface area contributed by atoms with Gasteiger partial charge in [0.1, 0.15) is 6.54 Å². The largest absolute Gasteiger partial charge is 0.340 e. The first-order valence-electron chi connectivity index (χ1n) is 7.99. The highest BCUT2D eigenvalue weighted by Gasteiger charge is 2.19. The highest BCUT2D eigenvalue weighted by molar-refractivity contribution is 6.42. The minimum absolute atomic E-state index is 0.261. The lowest BCUT2D eigenvalue weighted by atomic mass is 10.2. The van der Waals surface area contributed by atoms with E-state index in [1.807, 2.05) is 0 Å². The number of aromatic nitrogens is 4. The zero-order valence-corrected chi connectivity index (χ0v) is 16.5. The van der Waals surface area contributed by atoms with Crippen LogP contribution >= 0.6 is 23.2 Å². The molecule has 3 aromatic rings. The number of fused-ring (bicyclic) bond motifs is 1. The normalized spacial score (nSPS) is 11.1. The van der Waals surface area contributed by atoms with Gasteiger partial charge in [0.2, 0.25) is 5.91 Å². The number of halogens is 2. The van der Waals surface area contributed by atoms with Gasteiger partial charge in [0.25, 0.3) is 5.56 Å². The molecular formula is C17H17Cl2N5O3. The molecule has 0 fully saturated rings. The van der Waals surface area contributed by atoms with E-state index in [-0.39, 0.29) is 30.2 Å². The number of carbonyl (C=O) groups is 1. The fraction of sp³-hybridized carbons (Fsp3) is 0.294. The zero-order chi connectivity index (χ0) is 19.9. The number of likely N-dealkylation sites (N-methyl/N-ethyl adjacent to an activating group) is 1. The molecule has 3 rings (SSSR count). The molecule has 8 nitrogen and oxygen atoms in total. The maximum atomic E-state index is 12.7. The van der Waals surface area contributed by atoms with E-state index in [0.717, 1.165) is 10.1 Å². The van der Waals surface area contributed by atoms with Crippen molar-refractivity contribution in [1.29, 1.82) is 0 Å². The monoisotopic (exact) mass is 409 g/mol. The number of hydrogen-bond acceptors (Lipinski definition) is 4. The van der Waals surface area contributed by atoms with Crippen LogP contribution in [0.15, 0.2) is 34.1 Å². The third-order valence-corrected chi connectivity index (χ3v) is 5.06. The van der Waals surface area contributed by atoms with E-state index in [1.165, 1.54) is 27.4 Å². The highest BCUT2D eigenvalue weighted by Crippen LogP contribution is 2.23. The van der Waals surface area contributed by atoms with Crippen molar-refractivity contribution >= 4 is 40.3 Å². The first kappa shape index (κ1) is 19.2.